The van der Waals surface area contributed by atoms with Crippen LogP contribution in [0.4, 0.5) is 26.4 Å². The summed E-state index contributed by atoms with van der Waals surface area (Å²) in [5.74, 6) is -1.62. The number of hydrogen-bond donors (Lipinski definition) is 4. The van der Waals surface area contributed by atoms with Crippen molar-refractivity contribution in [3.05, 3.63) is 35.0 Å². The normalized spacial score (nSPS) is 24.6. The van der Waals surface area contributed by atoms with Crippen LogP contribution in [0, 0.1) is 17.6 Å². The van der Waals surface area contributed by atoms with Gasteiger partial charge in [-0.15, -0.1) is 0 Å². The van der Waals surface area contributed by atoms with E-state index in [1.54, 1.807) is 6.20 Å². The Bertz CT molecular complexity index is 1240. The number of halogens is 3. The molecule has 5 rings (SSSR count). The van der Waals surface area contributed by atoms with Crippen molar-refractivity contribution in [2.45, 2.75) is 63.1 Å². The summed E-state index contributed by atoms with van der Waals surface area (Å²) in [5.41, 5.74) is 6.08. The standard InChI is InChI=1S/C23H26ClF2N7O2/c24-12-7-16(25)19(17(26)8-12)31-23-30-18-10-28-22(29-13-3-6-15(34)9-13)32-21(18)33(23)14-4-1-11(2-5-14)20(27)35/h7-8,10-11,13-15,34H,1-6,9H2,(H2,27,35)(H,30,31)(H,28,29,32)/t11-,13-,14-,15+/m1/s1. The number of amides is 1. The Morgan fingerprint density at radius 2 is 1.83 bits per heavy atom. The van der Waals surface area contributed by atoms with Crippen LogP contribution in [-0.2, 0) is 4.79 Å². The summed E-state index contributed by atoms with van der Waals surface area (Å²) < 4.78 is 30.9. The fraction of sp³-hybridized carbons (Fsp3) is 0.478. The van der Waals surface area contributed by atoms with Crippen LogP contribution in [0.15, 0.2) is 18.3 Å². The topological polar surface area (TPSA) is 131 Å². The summed E-state index contributed by atoms with van der Waals surface area (Å²) in [7, 11) is 0. The minimum atomic E-state index is -0.848. The predicted octanol–water partition coefficient (Wildman–Crippen LogP) is 4.04. The Morgan fingerprint density at radius 1 is 1.11 bits per heavy atom. The fourth-order valence-electron chi connectivity index (χ4n) is 5.06. The minimum absolute atomic E-state index is 0.0533. The highest BCUT2D eigenvalue weighted by Gasteiger charge is 2.30. The van der Waals surface area contributed by atoms with Gasteiger partial charge in [0.25, 0.3) is 0 Å². The predicted molar refractivity (Wildman–Crippen MR) is 127 cm³/mol. The molecule has 0 unspecified atom stereocenters. The first-order chi connectivity index (χ1) is 16.8. The number of nitrogens with two attached hydrogens (primary N) is 1. The van der Waals surface area contributed by atoms with E-state index in [-0.39, 0.29) is 46.7 Å². The molecule has 2 aromatic heterocycles. The lowest BCUT2D eigenvalue weighted by Gasteiger charge is -2.29. The number of carbonyl (C=O) groups excluding carboxylic acids is 1. The van der Waals surface area contributed by atoms with Crippen LogP contribution in [0.25, 0.3) is 11.2 Å². The average molecular weight is 506 g/mol. The van der Waals surface area contributed by atoms with Crippen molar-refractivity contribution in [1.82, 2.24) is 19.5 Å². The zero-order valence-electron chi connectivity index (χ0n) is 18.8. The van der Waals surface area contributed by atoms with Crippen LogP contribution in [0.1, 0.15) is 51.0 Å². The van der Waals surface area contributed by atoms with Crippen LogP contribution in [-0.4, -0.2) is 42.7 Å². The molecule has 2 aliphatic rings. The number of nitrogens with zero attached hydrogens (tertiary/aromatic N) is 4. The molecule has 9 nitrogen and oxygen atoms in total. The Labute approximate surface area is 205 Å². The Kier molecular flexibility index (Phi) is 6.45. The minimum Gasteiger partial charge on any atom is -0.393 e. The van der Waals surface area contributed by atoms with E-state index in [1.165, 1.54) is 0 Å². The first-order valence-corrected chi connectivity index (χ1v) is 12.1. The molecule has 1 aromatic carbocycles. The lowest BCUT2D eigenvalue weighted by atomic mass is 9.85. The molecule has 1 amide bonds. The molecule has 12 heteroatoms. The molecule has 186 valence electrons. The molecule has 2 aliphatic carbocycles. The summed E-state index contributed by atoms with van der Waals surface area (Å²) in [6, 6.07) is 1.98. The number of carbonyl (C=O) groups is 1. The van der Waals surface area contributed by atoms with Gasteiger partial charge in [0.2, 0.25) is 17.8 Å². The van der Waals surface area contributed by atoms with Crippen molar-refractivity contribution in [3.63, 3.8) is 0 Å². The lowest BCUT2D eigenvalue weighted by Crippen LogP contribution is -2.29. The van der Waals surface area contributed by atoms with Gasteiger partial charge in [0, 0.05) is 23.0 Å². The SMILES string of the molecule is NC(=O)[C@H]1CC[C@H](n2c(Nc3c(F)cc(Cl)cc3F)nc3cnc(N[C@@H]4CC[C@H](O)C4)nc32)CC1. The third kappa shape index (κ3) is 4.87. The second-order valence-corrected chi connectivity index (χ2v) is 9.73. The molecule has 0 aliphatic heterocycles. The van der Waals surface area contributed by atoms with Gasteiger partial charge in [-0.25, -0.2) is 18.7 Å². The highest BCUT2D eigenvalue weighted by Crippen LogP contribution is 2.38. The van der Waals surface area contributed by atoms with Crippen molar-refractivity contribution >= 4 is 46.3 Å². The number of aliphatic hydroxyl groups excluding tert-OH is 1. The molecule has 3 aromatic rings. The molecule has 5 N–H and O–H groups in total. The van der Waals surface area contributed by atoms with Crippen LogP contribution in [0.3, 0.4) is 0 Å². The number of nitrogens with one attached hydrogen (secondary N) is 2. The van der Waals surface area contributed by atoms with E-state index >= 15 is 0 Å². The monoisotopic (exact) mass is 505 g/mol. The largest absolute Gasteiger partial charge is 0.393 e. The van der Waals surface area contributed by atoms with Crippen molar-refractivity contribution < 1.29 is 18.7 Å². The van der Waals surface area contributed by atoms with Gasteiger partial charge in [-0.2, -0.15) is 4.98 Å². The maximum Gasteiger partial charge on any atom is 0.224 e. The van der Waals surface area contributed by atoms with Gasteiger partial charge < -0.3 is 21.5 Å². The number of aromatic nitrogens is 4. The quantitative estimate of drug-likeness (QED) is 0.397. The molecule has 0 bridgehead atoms. The molecule has 0 radical (unpaired) electrons. The van der Waals surface area contributed by atoms with Crippen LogP contribution in [0.5, 0.6) is 0 Å². The summed E-state index contributed by atoms with van der Waals surface area (Å²) in [6.07, 6.45) is 5.79. The first-order valence-electron chi connectivity index (χ1n) is 11.7. The molecule has 35 heavy (non-hydrogen) atoms. The molecule has 2 fully saturated rings. The smallest absolute Gasteiger partial charge is 0.224 e. The third-order valence-electron chi connectivity index (χ3n) is 6.88. The first kappa shape index (κ1) is 23.7. The molecule has 2 saturated carbocycles. The zero-order chi connectivity index (χ0) is 24.7. The summed E-state index contributed by atoms with van der Waals surface area (Å²) in [4.78, 5) is 25.2. The fourth-order valence-corrected chi connectivity index (χ4v) is 5.25. The van der Waals surface area contributed by atoms with E-state index < -0.39 is 11.6 Å². The Hall–Kier alpha value is -3.05. The number of rotatable bonds is 6. The third-order valence-corrected chi connectivity index (χ3v) is 7.10. The van der Waals surface area contributed by atoms with Gasteiger partial charge in [-0.1, -0.05) is 11.6 Å². The second kappa shape index (κ2) is 9.54. The summed E-state index contributed by atoms with van der Waals surface area (Å²) in [5, 5.41) is 15.8. The van der Waals surface area contributed by atoms with Gasteiger partial charge in [-0.3, -0.25) is 9.36 Å². The van der Waals surface area contributed by atoms with Gasteiger partial charge in [0.1, 0.15) is 11.2 Å². The van der Waals surface area contributed by atoms with Gasteiger partial charge in [0.15, 0.2) is 17.3 Å². The lowest BCUT2D eigenvalue weighted by molar-refractivity contribution is -0.122. The number of anilines is 3. The highest BCUT2D eigenvalue weighted by molar-refractivity contribution is 6.30. The average Bonchev–Trinajstić information content (AvgIpc) is 3.38. The molecular weight excluding hydrogens is 480 g/mol. The van der Waals surface area contributed by atoms with E-state index in [1.807, 2.05) is 4.57 Å². The van der Waals surface area contributed by atoms with E-state index in [0.29, 0.717) is 55.6 Å². The van der Waals surface area contributed by atoms with E-state index in [0.717, 1.165) is 18.6 Å². The van der Waals surface area contributed by atoms with E-state index in [4.69, 9.17) is 17.3 Å². The second-order valence-electron chi connectivity index (χ2n) is 9.29. The molecule has 0 saturated heterocycles. The maximum atomic E-state index is 14.6. The van der Waals surface area contributed by atoms with Crippen LogP contribution in [0.2, 0.25) is 5.02 Å². The number of hydrogen-bond acceptors (Lipinski definition) is 7. The number of aliphatic hydroxyl groups is 1. The summed E-state index contributed by atoms with van der Waals surface area (Å²) in [6.45, 7) is 0. The number of imidazole rings is 1. The highest BCUT2D eigenvalue weighted by atomic mass is 35.5. The molecular formula is C23H26ClF2N7O2. The molecule has 2 heterocycles. The number of fused-ring (bicyclic) bond motifs is 1. The van der Waals surface area contributed by atoms with Crippen LogP contribution >= 0.6 is 11.6 Å². The molecule has 2 atom stereocenters. The maximum absolute atomic E-state index is 14.6. The van der Waals surface area contributed by atoms with Gasteiger partial charge in [-0.05, 0) is 57.1 Å². The van der Waals surface area contributed by atoms with Crippen molar-refractivity contribution in [3.8, 4) is 0 Å². The molecule has 0 spiro atoms. The van der Waals surface area contributed by atoms with Crippen molar-refractivity contribution in [1.29, 1.82) is 0 Å². The van der Waals surface area contributed by atoms with Gasteiger partial charge in [0.05, 0.1) is 12.3 Å². The Morgan fingerprint density at radius 3 is 2.46 bits per heavy atom. The van der Waals surface area contributed by atoms with Crippen molar-refractivity contribution in [2.24, 2.45) is 11.7 Å². The van der Waals surface area contributed by atoms with E-state index in [2.05, 4.69) is 25.6 Å². The van der Waals surface area contributed by atoms with Crippen LogP contribution < -0.4 is 16.4 Å². The summed E-state index contributed by atoms with van der Waals surface area (Å²) >= 11 is 5.77. The Balaban J connectivity index is 1.52. The zero-order valence-corrected chi connectivity index (χ0v) is 19.6. The van der Waals surface area contributed by atoms with E-state index in [9.17, 15) is 18.7 Å². The number of benzene rings is 1. The van der Waals surface area contributed by atoms with Crippen molar-refractivity contribution in [2.75, 3.05) is 10.6 Å². The number of primary amides is 1. The van der Waals surface area contributed by atoms with Gasteiger partial charge >= 0.3 is 0 Å².